The molecule has 0 radical (unpaired) electrons. The zero-order valence-electron chi connectivity index (χ0n) is 13.7. The second kappa shape index (κ2) is 7.74. The average Bonchev–Trinajstić information content (AvgIpc) is 2.87. The number of nitrogens with one attached hydrogen (secondary N) is 1. The molecule has 1 aliphatic rings. The summed E-state index contributed by atoms with van der Waals surface area (Å²) in [5.74, 6) is 2.19. The number of amides is 1. The monoisotopic (exact) mass is 325 g/mol. The van der Waals surface area contributed by atoms with Crippen molar-refractivity contribution in [3.8, 4) is 11.5 Å². The van der Waals surface area contributed by atoms with E-state index in [-0.39, 0.29) is 11.3 Å². The third-order valence-electron chi connectivity index (χ3n) is 3.74. The largest absolute Gasteiger partial charge is 0.493 e. The van der Waals surface area contributed by atoms with E-state index < -0.39 is 0 Å². The van der Waals surface area contributed by atoms with Crippen LogP contribution in [-0.2, 0) is 4.79 Å². The molecule has 22 heavy (non-hydrogen) atoms. The van der Waals surface area contributed by atoms with Crippen LogP contribution in [0.5, 0.6) is 11.5 Å². The maximum absolute atomic E-state index is 12.2. The Morgan fingerprint density at radius 3 is 2.64 bits per heavy atom. The highest BCUT2D eigenvalue weighted by Gasteiger charge is 2.32. The van der Waals surface area contributed by atoms with Crippen molar-refractivity contribution in [1.29, 1.82) is 0 Å². The lowest BCUT2D eigenvalue weighted by molar-refractivity contribution is -0.858. The third-order valence-corrected chi connectivity index (χ3v) is 4.99. The van der Waals surface area contributed by atoms with Crippen molar-refractivity contribution in [1.82, 2.24) is 4.90 Å². The van der Waals surface area contributed by atoms with E-state index in [4.69, 9.17) is 9.47 Å². The SMILES string of the molecule is COc1ccc([C@@H]2SCC(=O)N2CCC[NH+](C)C)cc1OC. The molecule has 0 unspecified atom stereocenters. The molecule has 0 bridgehead atoms. The molecule has 1 fully saturated rings. The Hall–Kier alpha value is -1.40. The fraction of sp³-hybridized carbons (Fsp3) is 0.562. The van der Waals surface area contributed by atoms with Gasteiger partial charge >= 0.3 is 0 Å². The number of hydrogen-bond donors (Lipinski definition) is 1. The highest BCUT2D eigenvalue weighted by molar-refractivity contribution is 8.00. The Kier molecular flexibility index (Phi) is 5.97. The lowest BCUT2D eigenvalue weighted by Gasteiger charge is -2.25. The molecule has 1 atom stereocenters. The van der Waals surface area contributed by atoms with Crippen molar-refractivity contribution in [3.63, 3.8) is 0 Å². The minimum Gasteiger partial charge on any atom is -0.493 e. The molecule has 5 nitrogen and oxygen atoms in total. The van der Waals surface area contributed by atoms with Gasteiger partial charge in [-0.2, -0.15) is 0 Å². The molecule has 1 aliphatic heterocycles. The molecule has 1 heterocycles. The summed E-state index contributed by atoms with van der Waals surface area (Å²) in [4.78, 5) is 15.5. The van der Waals surface area contributed by atoms with Gasteiger partial charge < -0.3 is 19.3 Å². The van der Waals surface area contributed by atoms with Crippen molar-refractivity contribution in [2.24, 2.45) is 0 Å². The van der Waals surface area contributed by atoms with Crippen LogP contribution in [0.25, 0.3) is 0 Å². The van der Waals surface area contributed by atoms with E-state index in [1.165, 1.54) is 4.90 Å². The van der Waals surface area contributed by atoms with Gasteiger partial charge in [0.15, 0.2) is 11.5 Å². The van der Waals surface area contributed by atoms with Crippen molar-refractivity contribution >= 4 is 17.7 Å². The first-order valence-electron chi connectivity index (χ1n) is 7.49. The fourth-order valence-electron chi connectivity index (χ4n) is 2.58. The number of hydrogen-bond acceptors (Lipinski definition) is 4. The average molecular weight is 325 g/mol. The van der Waals surface area contributed by atoms with Crippen LogP contribution < -0.4 is 14.4 Å². The summed E-state index contributed by atoms with van der Waals surface area (Å²) < 4.78 is 10.6. The topological polar surface area (TPSA) is 43.2 Å². The van der Waals surface area contributed by atoms with E-state index in [9.17, 15) is 4.79 Å². The van der Waals surface area contributed by atoms with Crippen LogP contribution >= 0.6 is 11.8 Å². The number of ether oxygens (including phenoxy) is 2. The summed E-state index contributed by atoms with van der Waals surface area (Å²) in [6, 6.07) is 5.89. The minimum absolute atomic E-state index is 0.0736. The normalized spacial score (nSPS) is 18.1. The smallest absolute Gasteiger partial charge is 0.233 e. The molecule has 1 aromatic carbocycles. The Morgan fingerprint density at radius 1 is 1.27 bits per heavy atom. The van der Waals surface area contributed by atoms with E-state index in [2.05, 4.69) is 14.1 Å². The molecule has 1 aromatic rings. The van der Waals surface area contributed by atoms with Gasteiger partial charge in [-0.15, -0.1) is 11.8 Å². The first kappa shape index (κ1) is 17.0. The first-order valence-corrected chi connectivity index (χ1v) is 8.53. The van der Waals surface area contributed by atoms with Crippen LogP contribution in [0.1, 0.15) is 17.4 Å². The minimum atomic E-state index is 0.0736. The van der Waals surface area contributed by atoms with Gasteiger partial charge in [0.05, 0.1) is 40.6 Å². The Balaban J connectivity index is 2.13. The van der Waals surface area contributed by atoms with Crippen molar-refractivity contribution in [2.75, 3.05) is 47.2 Å². The van der Waals surface area contributed by atoms with E-state index in [1.54, 1.807) is 26.0 Å². The van der Waals surface area contributed by atoms with Crippen LogP contribution in [0.2, 0.25) is 0 Å². The summed E-state index contributed by atoms with van der Waals surface area (Å²) in [5.41, 5.74) is 1.09. The lowest BCUT2D eigenvalue weighted by atomic mass is 10.1. The number of carbonyl (C=O) groups is 1. The fourth-order valence-corrected chi connectivity index (χ4v) is 3.79. The van der Waals surface area contributed by atoms with Crippen LogP contribution in [-0.4, -0.2) is 58.0 Å². The number of carbonyl (C=O) groups excluding carboxylic acids is 1. The van der Waals surface area contributed by atoms with Gasteiger partial charge in [0.1, 0.15) is 5.37 Å². The number of thioether (sulfide) groups is 1. The molecule has 0 aromatic heterocycles. The summed E-state index contributed by atoms with van der Waals surface area (Å²) in [6.07, 6.45) is 1.01. The predicted octanol–water partition coefficient (Wildman–Crippen LogP) is 0.812. The van der Waals surface area contributed by atoms with Crippen LogP contribution in [0.4, 0.5) is 0 Å². The summed E-state index contributed by atoms with van der Waals surface area (Å²) >= 11 is 1.68. The van der Waals surface area contributed by atoms with Crippen molar-refractivity contribution in [2.45, 2.75) is 11.8 Å². The quantitative estimate of drug-likeness (QED) is 0.806. The van der Waals surface area contributed by atoms with E-state index in [0.717, 1.165) is 25.1 Å². The summed E-state index contributed by atoms with van der Waals surface area (Å²) in [6.45, 7) is 1.86. The van der Waals surface area contributed by atoms with Crippen LogP contribution in [0.15, 0.2) is 18.2 Å². The number of quaternary nitrogens is 1. The third kappa shape index (κ3) is 3.87. The maximum atomic E-state index is 12.2. The van der Waals surface area contributed by atoms with Gasteiger partial charge in [-0.3, -0.25) is 4.79 Å². The lowest BCUT2D eigenvalue weighted by Crippen LogP contribution is -3.05. The molecule has 122 valence electrons. The van der Waals surface area contributed by atoms with Crippen molar-refractivity contribution in [3.05, 3.63) is 23.8 Å². The second-order valence-corrected chi connectivity index (χ2v) is 6.74. The van der Waals surface area contributed by atoms with Gasteiger partial charge in [0.2, 0.25) is 5.91 Å². The Morgan fingerprint density at radius 2 is 2.00 bits per heavy atom. The molecular weight excluding hydrogens is 300 g/mol. The standard InChI is InChI=1S/C16H24N2O3S/c1-17(2)8-5-9-18-15(19)11-22-16(18)12-6-7-13(20-3)14(10-12)21-4/h6-7,10,16H,5,8-9,11H2,1-4H3/p+1/t16-/m0/s1. The van der Waals surface area contributed by atoms with Gasteiger partial charge in [-0.1, -0.05) is 6.07 Å². The molecule has 0 aliphatic carbocycles. The molecule has 1 saturated heterocycles. The van der Waals surface area contributed by atoms with Crippen molar-refractivity contribution < 1.29 is 19.2 Å². The molecule has 0 spiro atoms. The zero-order valence-corrected chi connectivity index (χ0v) is 14.5. The van der Waals surface area contributed by atoms with E-state index in [0.29, 0.717) is 17.3 Å². The number of benzene rings is 1. The second-order valence-electron chi connectivity index (χ2n) is 5.68. The molecule has 1 amide bonds. The van der Waals surface area contributed by atoms with Gasteiger partial charge in [-0.25, -0.2) is 0 Å². The van der Waals surface area contributed by atoms with Crippen LogP contribution in [0.3, 0.4) is 0 Å². The molecule has 1 N–H and O–H groups in total. The number of nitrogens with zero attached hydrogens (tertiary/aromatic N) is 1. The Labute approximate surface area is 136 Å². The van der Waals surface area contributed by atoms with Crippen LogP contribution in [0, 0.1) is 0 Å². The molecule has 2 rings (SSSR count). The summed E-state index contributed by atoms with van der Waals surface area (Å²) in [7, 11) is 7.52. The van der Waals surface area contributed by atoms with Gasteiger partial charge in [0.25, 0.3) is 0 Å². The highest BCUT2D eigenvalue weighted by Crippen LogP contribution is 2.41. The van der Waals surface area contributed by atoms with E-state index in [1.807, 2.05) is 23.1 Å². The Bertz CT molecular complexity index is 522. The molecular formula is C16H25N2O3S+. The van der Waals surface area contributed by atoms with Gasteiger partial charge in [-0.05, 0) is 17.7 Å². The highest BCUT2D eigenvalue weighted by atomic mass is 32.2. The maximum Gasteiger partial charge on any atom is 0.233 e. The molecule has 0 saturated carbocycles. The number of methoxy groups -OCH3 is 2. The first-order chi connectivity index (χ1) is 10.6. The zero-order chi connectivity index (χ0) is 16.1. The van der Waals surface area contributed by atoms with Gasteiger partial charge in [0, 0.05) is 13.0 Å². The van der Waals surface area contributed by atoms with E-state index >= 15 is 0 Å². The summed E-state index contributed by atoms with van der Waals surface area (Å²) in [5, 5.41) is 0.0736. The molecule has 6 heteroatoms. The number of rotatable bonds is 7. The predicted molar refractivity (Wildman–Crippen MR) is 88.8 cm³/mol.